The first kappa shape index (κ1) is 27.7. The molecule has 0 saturated heterocycles. The lowest BCUT2D eigenvalue weighted by atomic mass is 9.84. The lowest BCUT2D eigenvalue weighted by molar-refractivity contribution is 0.443. The number of aryl methyl sites for hydroxylation is 4. The second kappa shape index (κ2) is 13.4. The third-order valence-electron chi connectivity index (χ3n) is 6.85. The normalized spacial score (nSPS) is 11.8. The quantitative estimate of drug-likeness (QED) is 0.271. The molecule has 3 heteroatoms. The van der Waals surface area contributed by atoms with E-state index in [0.29, 0.717) is 11.5 Å². The van der Waals surface area contributed by atoms with Crippen LogP contribution >= 0.6 is 9.24 Å². The molecular weight excluding hydrogens is 423 g/mol. The number of aromatic hydroxyl groups is 2. The molecule has 2 rings (SSSR count). The highest BCUT2D eigenvalue weighted by atomic mass is 31.0. The first-order chi connectivity index (χ1) is 15.8. The zero-order valence-corrected chi connectivity index (χ0v) is 22.9. The summed E-state index contributed by atoms with van der Waals surface area (Å²) < 4.78 is 0. The van der Waals surface area contributed by atoms with Crippen LogP contribution in [0.25, 0.3) is 0 Å². The van der Waals surface area contributed by atoms with Crippen LogP contribution in [0.2, 0.25) is 0 Å². The maximum absolute atomic E-state index is 11.4. The van der Waals surface area contributed by atoms with Gasteiger partial charge in [0.05, 0.1) is 0 Å². The molecule has 0 amide bonds. The van der Waals surface area contributed by atoms with Crippen molar-refractivity contribution < 1.29 is 10.2 Å². The van der Waals surface area contributed by atoms with Gasteiger partial charge in [0, 0.05) is 16.3 Å². The van der Waals surface area contributed by atoms with Crippen LogP contribution in [0.1, 0.15) is 119 Å². The van der Waals surface area contributed by atoms with Gasteiger partial charge in [0.25, 0.3) is 0 Å². The molecule has 0 bridgehead atoms. The fraction of sp³-hybridized carbons (Fsp3) is 0.600. The zero-order valence-electron chi connectivity index (χ0n) is 21.8. The average Bonchev–Trinajstić information content (AvgIpc) is 2.80. The van der Waals surface area contributed by atoms with E-state index in [2.05, 4.69) is 68.1 Å². The van der Waals surface area contributed by atoms with Crippen molar-refractivity contribution in [3.8, 4) is 11.5 Å². The molecule has 0 radical (unpaired) electrons. The zero-order chi connectivity index (χ0) is 24.4. The van der Waals surface area contributed by atoms with Crippen molar-refractivity contribution in [1.29, 1.82) is 0 Å². The minimum Gasteiger partial charge on any atom is -0.507 e. The largest absolute Gasteiger partial charge is 0.507 e. The summed E-state index contributed by atoms with van der Waals surface area (Å²) >= 11 is 0. The van der Waals surface area contributed by atoms with Crippen LogP contribution in [0, 0.1) is 0 Å². The van der Waals surface area contributed by atoms with Crippen molar-refractivity contribution in [1.82, 2.24) is 0 Å². The van der Waals surface area contributed by atoms with Crippen molar-refractivity contribution >= 4 is 9.24 Å². The summed E-state index contributed by atoms with van der Waals surface area (Å²) in [6.45, 7) is 10.9. The van der Waals surface area contributed by atoms with Crippen LogP contribution in [0.3, 0.4) is 0 Å². The monoisotopic (exact) mass is 470 g/mol. The van der Waals surface area contributed by atoms with Crippen molar-refractivity contribution in [2.75, 3.05) is 0 Å². The molecule has 0 aliphatic heterocycles. The Hall–Kier alpha value is -1.53. The van der Waals surface area contributed by atoms with Gasteiger partial charge in [-0.1, -0.05) is 77.6 Å². The standard InChI is InChI=1S/C30H47O2P/c1-6-10-14-22-18-24(16-12-8-3)28(31)26(20-22)30(5,33)27-21-23(15-11-7-2)19-25(29(27)32)17-13-9-4/h18-21,31-32H,6-17,33H2,1-5H3. The molecule has 33 heavy (non-hydrogen) atoms. The molecule has 184 valence electrons. The number of unbranched alkanes of at least 4 members (excludes halogenated alkanes) is 4. The third kappa shape index (κ3) is 7.22. The van der Waals surface area contributed by atoms with Crippen molar-refractivity contribution in [2.45, 2.75) is 117 Å². The molecule has 0 spiro atoms. The molecule has 2 N–H and O–H groups in total. The Balaban J connectivity index is 2.64. The first-order valence-corrected chi connectivity index (χ1v) is 13.9. The fourth-order valence-corrected chi connectivity index (χ4v) is 5.06. The van der Waals surface area contributed by atoms with Gasteiger partial charge < -0.3 is 10.2 Å². The molecule has 0 fully saturated rings. The van der Waals surface area contributed by atoms with Crippen LogP contribution in [-0.4, -0.2) is 10.2 Å². The Bertz CT molecular complexity index is 814. The number of phenols is 2. The molecule has 1 atom stereocenters. The lowest BCUT2D eigenvalue weighted by Crippen LogP contribution is -2.18. The molecule has 2 aromatic carbocycles. The topological polar surface area (TPSA) is 40.5 Å². The van der Waals surface area contributed by atoms with Gasteiger partial charge in [0.2, 0.25) is 0 Å². The first-order valence-electron chi connectivity index (χ1n) is 13.3. The van der Waals surface area contributed by atoms with E-state index in [-0.39, 0.29) is 0 Å². The van der Waals surface area contributed by atoms with Gasteiger partial charge in [0.1, 0.15) is 11.5 Å². The summed E-state index contributed by atoms with van der Waals surface area (Å²) in [5.41, 5.74) is 6.49. The van der Waals surface area contributed by atoms with Gasteiger partial charge in [-0.3, -0.25) is 0 Å². The SMILES string of the molecule is CCCCc1cc(CCCC)c(O)c(C(C)(P)c2cc(CCCC)cc(CCCC)c2O)c1. The van der Waals surface area contributed by atoms with E-state index < -0.39 is 5.16 Å². The van der Waals surface area contributed by atoms with Crippen molar-refractivity contribution in [2.24, 2.45) is 0 Å². The maximum atomic E-state index is 11.4. The average molecular weight is 471 g/mol. The van der Waals surface area contributed by atoms with Crippen LogP contribution in [0.15, 0.2) is 24.3 Å². The van der Waals surface area contributed by atoms with E-state index in [1.54, 1.807) is 0 Å². The molecule has 2 aromatic rings. The van der Waals surface area contributed by atoms with E-state index in [1.807, 2.05) is 0 Å². The second-order valence-corrected chi connectivity index (χ2v) is 11.1. The predicted octanol–water partition coefficient (Wildman–Crippen LogP) is 8.61. The molecule has 0 aromatic heterocycles. The summed E-state index contributed by atoms with van der Waals surface area (Å²) in [6.07, 6.45) is 12.8. The Morgan fingerprint density at radius 1 is 0.606 bits per heavy atom. The summed E-state index contributed by atoms with van der Waals surface area (Å²) in [5, 5.41) is 22.2. The highest BCUT2D eigenvalue weighted by Gasteiger charge is 2.32. The second-order valence-electron chi connectivity index (χ2n) is 9.92. The Labute approximate surface area is 205 Å². The molecule has 0 aliphatic rings. The van der Waals surface area contributed by atoms with E-state index in [9.17, 15) is 10.2 Å². The van der Waals surface area contributed by atoms with Crippen molar-refractivity contribution in [3.05, 3.63) is 57.6 Å². The van der Waals surface area contributed by atoms with E-state index in [0.717, 1.165) is 99.3 Å². The van der Waals surface area contributed by atoms with E-state index in [4.69, 9.17) is 0 Å². The molecular formula is C30H47O2P. The number of hydrogen-bond donors (Lipinski definition) is 2. The summed E-state index contributed by atoms with van der Waals surface area (Å²) in [6, 6.07) is 8.76. The number of phenolic OH excluding ortho intramolecular Hbond substituents is 2. The number of rotatable bonds is 14. The molecule has 0 aliphatic carbocycles. The predicted molar refractivity (Wildman–Crippen MR) is 147 cm³/mol. The summed E-state index contributed by atoms with van der Waals surface area (Å²) in [5.74, 6) is 0.796. The van der Waals surface area contributed by atoms with Crippen LogP contribution in [0.4, 0.5) is 0 Å². The van der Waals surface area contributed by atoms with E-state index >= 15 is 0 Å². The van der Waals surface area contributed by atoms with Gasteiger partial charge in [-0.2, -0.15) is 0 Å². The van der Waals surface area contributed by atoms with Gasteiger partial charge in [0.15, 0.2) is 0 Å². The Morgan fingerprint density at radius 3 is 1.27 bits per heavy atom. The van der Waals surface area contributed by atoms with Gasteiger partial charge in [-0.25, -0.2) is 0 Å². The minimum atomic E-state index is -0.569. The maximum Gasteiger partial charge on any atom is 0.123 e. The third-order valence-corrected chi connectivity index (χ3v) is 7.48. The smallest absolute Gasteiger partial charge is 0.123 e. The minimum absolute atomic E-state index is 0.398. The van der Waals surface area contributed by atoms with Crippen LogP contribution in [0.5, 0.6) is 11.5 Å². The highest BCUT2D eigenvalue weighted by molar-refractivity contribution is 7.19. The van der Waals surface area contributed by atoms with Gasteiger partial charge in [-0.05, 0) is 80.5 Å². The Kier molecular flexibility index (Phi) is 11.2. The summed E-state index contributed by atoms with van der Waals surface area (Å²) in [4.78, 5) is 0. The van der Waals surface area contributed by atoms with Crippen molar-refractivity contribution in [3.63, 3.8) is 0 Å². The van der Waals surface area contributed by atoms with E-state index in [1.165, 1.54) is 11.1 Å². The lowest BCUT2D eigenvalue weighted by Gasteiger charge is -2.30. The number of hydrogen-bond acceptors (Lipinski definition) is 2. The molecule has 0 heterocycles. The fourth-order valence-electron chi connectivity index (χ4n) is 4.62. The molecule has 2 nitrogen and oxygen atoms in total. The Morgan fingerprint density at radius 2 is 0.939 bits per heavy atom. The highest BCUT2D eigenvalue weighted by Crippen LogP contribution is 2.48. The van der Waals surface area contributed by atoms with Crippen LogP contribution < -0.4 is 0 Å². The summed E-state index contributed by atoms with van der Waals surface area (Å²) in [7, 11) is 2.98. The van der Waals surface area contributed by atoms with Gasteiger partial charge >= 0.3 is 0 Å². The number of benzene rings is 2. The molecule has 1 unspecified atom stereocenters. The van der Waals surface area contributed by atoms with Crippen LogP contribution in [-0.2, 0) is 30.8 Å². The molecule has 0 saturated carbocycles. The van der Waals surface area contributed by atoms with Gasteiger partial charge in [-0.15, -0.1) is 9.24 Å².